The minimum absolute atomic E-state index is 0.0410. The SMILES string of the molecule is Cc1nccn1[C@@H](C)CC(=O)NCc1cc2ccccc2[nH]1. The molecule has 1 aromatic carbocycles. The predicted octanol–water partition coefficient (Wildman–Crippen LogP) is 2.94. The molecule has 0 spiro atoms. The summed E-state index contributed by atoms with van der Waals surface area (Å²) in [4.78, 5) is 19.6. The molecule has 2 N–H and O–H groups in total. The first-order valence-electron chi connectivity index (χ1n) is 7.46. The second-order valence-electron chi connectivity index (χ2n) is 5.59. The summed E-state index contributed by atoms with van der Waals surface area (Å²) in [6.45, 7) is 4.49. The topological polar surface area (TPSA) is 62.7 Å². The molecule has 0 fully saturated rings. The van der Waals surface area contributed by atoms with Crippen molar-refractivity contribution < 1.29 is 4.79 Å². The second kappa shape index (κ2) is 6.05. The first kappa shape index (κ1) is 14.4. The average molecular weight is 296 g/mol. The molecule has 0 aliphatic heterocycles. The van der Waals surface area contributed by atoms with Gasteiger partial charge in [-0.15, -0.1) is 0 Å². The maximum Gasteiger partial charge on any atom is 0.222 e. The molecule has 2 aromatic heterocycles. The number of aromatic amines is 1. The van der Waals surface area contributed by atoms with Crippen LogP contribution in [0.1, 0.15) is 30.9 Å². The molecule has 0 saturated carbocycles. The number of H-pyrrole nitrogens is 1. The van der Waals surface area contributed by atoms with Gasteiger partial charge < -0.3 is 14.9 Å². The van der Waals surface area contributed by atoms with Gasteiger partial charge in [0.15, 0.2) is 0 Å². The van der Waals surface area contributed by atoms with Crippen LogP contribution in [0.4, 0.5) is 0 Å². The van der Waals surface area contributed by atoms with E-state index >= 15 is 0 Å². The molecule has 2 heterocycles. The zero-order chi connectivity index (χ0) is 15.5. The van der Waals surface area contributed by atoms with Gasteiger partial charge in [-0.3, -0.25) is 4.79 Å². The van der Waals surface area contributed by atoms with E-state index in [1.165, 1.54) is 0 Å². The minimum atomic E-state index is 0.0410. The van der Waals surface area contributed by atoms with Gasteiger partial charge in [-0.25, -0.2) is 4.98 Å². The lowest BCUT2D eigenvalue weighted by atomic mass is 10.2. The molecule has 0 saturated heterocycles. The summed E-state index contributed by atoms with van der Waals surface area (Å²) < 4.78 is 2.02. The van der Waals surface area contributed by atoms with Crippen molar-refractivity contribution >= 4 is 16.8 Å². The molecule has 0 aliphatic carbocycles. The number of nitrogens with zero attached hydrogens (tertiary/aromatic N) is 2. The lowest BCUT2D eigenvalue weighted by molar-refractivity contribution is -0.121. The Hall–Kier alpha value is -2.56. The fourth-order valence-corrected chi connectivity index (χ4v) is 2.71. The number of benzene rings is 1. The Bertz CT molecular complexity index is 754. The van der Waals surface area contributed by atoms with Crippen molar-refractivity contribution in [1.29, 1.82) is 0 Å². The highest BCUT2D eigenvalue weighted by atomic mass is 16.1. The molecule has 0 bridgehead atoms. The van der Waals surface area contributed by atoms with Crippen molar-refractivity contribution in [2.75, 3.05) is 0 Å². The summed E-state index contributed by atoms with van der Waals surface area (Å²) in [6, 6.07) is 10.3. The van der Waals surface area contributed by atoms with Gasteiger partial charge in [0.05, 0.1) is 6.54 Å². The van der Waals surface area contributed by atoms with E-state index in [0.29, 0.717) is 13.0 Å². The first-order chi connectivity index (χ1) is 10.6. The molecule has 5 heteroatoms. The number of aromatic nitrogens is 3. The van der Waals surface area contributed by atoms with E-state index < -0.39 is 0 Å². The molecule has 1 atom stereocenters. The third-order valence-electron chi connectivity index (χ3n) is 3.88. The molecule has 3 aromatic rings. The highest BCUT2D eigenvalue weighted by molar-refractivity contribution is 5.80. The Labute approximate surface area is 129 Å². The predicted molar refractivity (Wildman–Crippen MR) is 86.4 cm³/mol. The standard InChI is InChI=1S/C17H20N4O/c1-12(21-8-7-18-13(21)2)9-17(22)19-11-15-10-14-5-3-4-6-16(14)20-15/h3-8,10,12,20H,9,11H2,1-2H3,(H,19,22)/t12-/m0/s1. The number of hydrogen-bond donors (Lipinski definition) is 2. The van der Waals surface area contributed by atoms with Gasteiger partial charge in [-0.05, 0) is 31.4 Å². The molecule has 3 rings (SSSR count). The van der Waals surface area contributed by atoms with E-state index in [1.807, 2.05) is 42.8 Å². The Morgan fingerprint density at radius 1 is 1.41 bits per heavy atom. The van der Waals surface area contributed by atoms with Crippen molar-refractivity contribution in [3.63, 3.8) is 0 Å². The third kappa shape index (κ3) is 3.03. The summed E-state index contributed by atoms with van der Waals surface area (Å²) in [5, 5.41) is 4.13. The average Bonchev–Trinajstić information content (AvgIpc) is 3.10. The number of hydrogen-bond acceptors (Lipinski definition) is 2. The zero-order valence-corrected chi connectivity index (χ0v) is 12.8. The molecule has 22 heavy (non-hydrogen) atoms. The van der Waals surface area contributed by atoms with Gasteiger partial charge in [0.1, 0.15) is 5.82 Å². The highest BCUT2D eigenvalue weighted by Gasteiger charge is 2.12. The summed E-state index contributed by atoms with van der Waals surface area (Å²) in [7, 11) is 0. The number of carbonyl (C=O) groups is 1. The number of imidazole rings is 1. The Kier molecular flexibility index (Phi) is 3.96. The quantitative estimate of drug-likeness (QED) is 0.760. The van der Waals surface area contributed by atoms with Gasteiger partial charge in [0.25, 0.3) is 0 Å². The molecule has 114 valence electrons. The van der Waals surface area contributed by atoms with Gasteiger partial charge in [0.2, 0.25) is 5.91 Å². The molecule has 0 unspecified atom stereocenters. The molecule has 0 radical (unpaired) electrons. The van der Waals surface area contributed by atoms with Crippen LogP contribution in [0.2, 0.25) is 0 Å². The van der Waals surface area contributed by atoms with Crippen LogP contribution in [-0.2, 0) is 11.3 Å². The fraction of sp³-hybridized carbons (Fsp3) is 0.294. The minimum Gasteiger partial charge on any atom is -0.357 e. The van der Waals surface area contributed by atoms with E-state index in [9.17, 15) is 4.79 Å². The van der Waals surface area contributed by atoms with E-state index in [-0.39, 0.29) is 11.9 Å². The van der Waals surface area contributed by atoms with Crippen LogP contribution in [0.25, 0.3) is 10.9 Å². The van der Waals surface area contributed by atoms with Crippen molar-refractivity contribution in [2.45, 2.75) is 32.9 Å². The summed E-state index contributed by atoms with van der Waals surface area (Å²) in [5.41, 5.74) is 2.11. The normalized spacial score (nSPS) is 12.5. The number of aryl methyl sites for hydroxylation is 1. The van der Waals surface area contributed by atoms with Crippen molar-refractivity contribution in [3.8, 4) is 0 Å². The number of rotatable bonds is 5. The smallest absolute Gasteiger partial charge is 0.222 e. The number of nitrogens with one attached hydrogen (secondary N) is 2. The van der Waals surface area contributed by atoms with E-state index in [2.05, 4.69) is 27.4 Å². The van der Waals surface area contributed by atoms with Crippen molar-refractivity contribution in [3.05, 3.63) is 54.2 Å². The zero-order valence-electron chi connectivity index (χ0n) is 12.8. The van der Waals surface area contributed by atoms with Gasteiger partial charge in [-0.2, -0.15) is 0 Å². The summed E-state index contributed by atoms with van der Waals surface area (Å²) in [6.07, 6.45) is 4.11. The van der Waals surface area contributed by atoms with Crippen LogP contribution >= 0.6 is 0 Å². The van der Waals surface area contributed by atoms with Crippen LogP contribution in [0.15, 0.2) is 42.7 Å². The molecule has 5 nitrogen and oxygen atoms in total. The largest absolute Gasteiger partial charge is 0.357 e. The Balaban J connectivity index is 1.57. The van der Waals surface area contributed by atoms with E-state index in [0.717, 1.165) is 22.4 Å². The summed E-state index contributed by atoms with van der Waals surface area (Å²) >= 11 is 0. The van der Waals surface area contributed by atoms with Gasteiger partial charge >= 0.3 is 0 Å². The van der Waals surface area contributed by atoms with Gasteiger partial charge in [0, 0.05) is 36.1 Å². The maximum atomic E-state index is 12.1. The molecule has 1 amide bonds. The lowest BCUT2D eigenvalue weighted by Crippen LogP contribution is -2.25. The highest BCUT2D eigenvalue weighted by Crippen LogP contribution is 2.15. The summed E-state index contributed by atoms with van der Waals surface area (Å²) in [5.74, 6) is 0.968. The first-order valence-corrected chi connectivity index (χ1v) is 7.46. The van der Waals surface area contributed by atoms with Crippen molar-refractivity contribution in [2.24, 2.45) is 0 Å². The van der Waals surface area contributed by atoms with Crippen molar-refractivity contribution in [1.82, 2.24) is 19.9 Å². The third-order valence-corrected chi connectivity index (χ3v) is 3.88. The number of para-hydroxylation sites is 1. The van der Waals surface area contributed by atoms with Crippen LogP contribution in [0.3, 0.4) is 0 Å². The monoisotopic (exact) mass is 296 g/mol. The molecular formula is C17H20N4O. The maximum absolute atomic E-state index is 12.1. The number of carbonyl (C=O) groups excluding carboxylic acids is 1. The molecule has 0 aliphatic rings. The Morgan fingerprint density at radius 3 is 2.95 bits per heavy atom. The van der Waals surface area contributed by atoms with Gasteiger partial charge in [-0.1, -0.05) is 18.2 Å². The Morgan fingerprint density at radius 2 is 2.23 bits per heavy atom. The molecular weight excluding hydrogens is 276 g/mol. The second-order valence-corrected chi connectivity index (χ2v) is 5.59. The fourth-order valence-electron chi connectivity index (χ4n) is 2.71. The van der Waals surface area contributed by atoms with Crippen LogP contribution < -0.4 is 5.32 Å². The number of amides is 1. The number of fused-ring (bicyclic) bond motifs is 1. The lowest BCUT2D eigenvalue weighted by Gasteiger charge is -2.14. The van der Waals surface area contributed by atoms with E-state index in [4.69, 9.17) is 0 Å². The van der Waals surface area contributed by atoms with Crippen LogP contribution in [0.5, 0.6) is 0 Å². The van der Waals surface area contributed by atoms with Crippen LogP contribution in [0, 0.1) is 6.92 Å². The van der Waals surface area contributed by atoms with E-state index in [1.54, 1.807) is 6.20 Å². The van der Waals surface area contributed by atoms with Crippen LogP contribution in [-0.4, -0.2) is 20.4 Å².